The van der Waals surface area contributed by atoms with E-state index in [1.807, 2.05) is 37.3 Å². The zero-order valence-electron chi connectivity index (χ0n) is 11.8. The van der Waals surface area contributed by atoms with Gasteiger partial charge >= 0.3 is 0 Å². The van der Waals surface area contributed by atoms with Crippen molar-refractivity contribution in [1.29, 1.82) is 0 Å². The molecule has 0 aliphatic carbocycles. The molecule has 7 heteroatoms. The van der Waals surface area contributed by atoms with Gasteiger partial charge in [-0.25, -0.2) is 4.68 Å². The number of aryl methyl sites for hydroxylation is 1. The van der Waals surface area contributed by atoms with Gasteiger partial charge in [-0.1, -0.05) is 12.1 Å². The highest BCUT2D eigenvalue weighted by molar-refractivity contribution is 5.55. The molecule has 0 spiro atoms. The third kappa shape index (κ3) is 2.97. The van der Waals surface area contributed by atoms with Crippen molar-refractivity contribution in [2.45, 2.75) is 6.92 Å². The number of hydrogen-bond acceptors (Lipinski definition) is 6. The summed E-state index contributed by atoms with van der Waals surface area (Å²) in [6, 6.07) is 9.81. The molecule has 0 atom stereocenters. The maximum Gasteiger partial charge on any atom is 0.257 e. The van der Waals surface area contributed by atoms with Gasteiger partial charge in [-0.2, -0.15) is 20.1 Å². The van der Waals surface area contributed by atoms with Crippen LogP contribution in [0.2, 0.25) is 0 Å². The fourth-order valence-corrected chi connectivity index (χ4v) is 1.87. The molecule has 0 aliphatic rings. The van der Waals surface area contributed by atoms with E-state index < -0.39 is 0 Å². The highest BCUT2D eigenvalue weighted by atomic mass is 15.4. The van der Waals surface area contributed by atoms with Gasteiger partial charge in [0.05, 0.1) is 0 Å². The normalized spacial score (nSPS) is 10.4. The first-order chi connectivity index (χ1) is 10.2. The van der Waals surface area contributed by atoms with Gasteiger partial charge < -0.3 is 10.6 Å². The second-order valence-electron chi connectivity index (χ2n) is 4.48. The van der Waals surface area contributed by atoms with Crippen molar-refractivity contribution < 1.29 is 0 Å². The van der Waals surface area contributed by atoms with E-state index in [1.54, 1.807) is 24.1 Å². The molecule has 21 heavy (non-hydrogen) atoms. The van der Waals surface area contributed by atoms with Crippen molar-refractivity contribution in [2.24, 2.45) is 0 Å². The van der Waals surface area contributed by atoms with E-state index >= 15 is 0 Å². The molecule has 1 aromatic carbocycles. The highest BCUT2D eigenvalue weighted by Crippen LogP contribution is 2.16. The van der Waals surface area contributed by atoms with Crippen LogP contribution in [0, 0.1) is 6.92 Å². The Morgan fingerprint density at radius 2 is 1.90 bits per heavy atom. The fourth-order valence-electron chi connectivity index (χ4n) is 1.87. The van der Waals surface area contributed by atoms with Crippen molar-refractivity contribution in [3.63, 3.8) is 0 Å². The zero-order valence-corrected chi connectivity index (χ0v) is 11.8. The molecule has 7 nitrogen and oxygen atoms in total. The number of hydrogen-bond donors (Lipinski definition) is 2. The topological polar surface area (TPSA) is 80.5 Å². The van der Waals surface area contributed by atoms with E-state index in [0.29, 0.717) is 17.8 Å². The molecule has 0 bridgehead atoms. The van der Waals surface area contributed by atoms with Gasteiger partial charge in [-0.05, 0) is 30.7 Å². The largest absolute Gasteiger partial charge is 0.357 e. The van der Waals surface area contributed by atoms with Crippen LogP contribution in [0.4, 0.5) is 17.6 Å². The monoisotopic (exact) mass is 281 g/mol. The van der Waals surface area contributed by atoms with Crippen LogP contribution in [0.3, 0.4) is 0 Å². The molecule has 106 valence electrons. The van der Waals surface area contributed by atoms with Crippen LogP contribution in [-0.2, 0) is 0 Å². The van der Waals surface area contributed by atoms with Gasteiger partial charge in [0.15, 0.2) is 0 Å². The lowest BCUT2D eigenvalue weighted by atomic mass is 10.2. The number of benzene rings is 1. The second kappa shape index (κ2) is 5.58. The van der Waals surface area contributed by atoms with Crippen molar-refractivity contribution >= 4 is 17.6 Å². The van der Waals surface area contributed by atoms with Crippen LogP contribution in [0.1, 0.15) is 5.56 Å². The summed E-state index contributed by atoms with van der Waals surface area (Å²) >= 11 is 0. The van der Waals surface area contributed by atoms with Gasteiger partial charge in [0.25, 0.3) is 5.95 Å². The maximum atomic E-state index is 4.38. The quantitative estimate of drug-likeness (QED) is 0.762. The van der Waals surface area contributed by atoms with Crippen molar-refractivity contribution in [3.8, 4) is 5.95 Å². The molecule has 0 saturated heterocycles. The third-order valence-electron chi connectivity index (χ3n) is 2.83. The molecule has 0 unspecified atom stereocenters. The average molecular weight is 281 g/mol. The summed E-state index contributed by atoms with van der Waals surface area (Å²) in [6.07, 6.45) is 3.46. The molecule has 0 amide bonds. The molecular weight excluding hydrogens is 266 g/mol. The van der Waals surface area contributed by atoms with E-state index in [2.05, 4.69) is 30.7 Å². The average Bonchev–Trinajstić information content (AvgIpc) is 3.01. The molecule has 0 radical (unpaired) electrons. The predicted octanol–water partition coefficient (Wildman–Crippen LogP) is 2.15. The molecule has 0 aliphatic heterocycles. The van der Waals surface area contributed by atoms with E-state index in [1.165, 1.54) is 0 Å². The first-order valence-electron chi connectivity index (χ1n) is 6.52. The minimum atomic E-state index is 0.453. The molecule has 0 fully saturated rings. The smallest absolute Gasteiger partial charge is 0.257 e. The van der Waals surface area contributed by atoms with E-state index in [4.69, 9.17) is 0 Å². The molecule has 3 aromatic rings. The molecule has 2 aromatic heterocycles. The zero-order chi connectivity index (χ0) is 14.7. The van der Waals surface area contributed by atoms with Crippen molar-refractivity contribution in [3.05, 3.63) is 48.3 Å². The molecule has 3 rings (SSSR count). The summed E-state index contributed by atoms with van der Waals surface area (Å²) in [5.41, 5.74) is 2.09. The first-order valence-corrected chi connectivity index (χ1v) is 6.52. The van der Waals surface area contributed by atoms with Gasteiger partial charge in [0.2, 0.25) is 11.9 Å². The van der Waals surface area contributed by atoms with Crippen molar-refractivity contribution in [2.75, 3.05) is 17.7 Å². The SMILES string of the molecule is CNc1nc(Nc2cccc(C)c2)nc(-n2cccn2)n1. The number of nitrogens with zero attached hydrogens (tertiary/aromatic N) is 5. The summed E-state index contributed by atoms with van der Waals surface area (Å²) in [5, 5.41) is 10.2. The first kappa shape index (κ1) is 13.0. The second-order valence-corrected chi connectivity index (χ2v) is 4.48. The van der Waals surface area contributed by atoms with Crippen LogP contribution in [-0.4, -0.2) is 31.8 Å². The Bertz CT molecular complexity index is 737. The van der Waals surface area contributed by atoms with Gasteiger partial charge in [-0.15, -0.1) is 0 Å². The van der Waals surface area contributed by atoms with Crippen LogP contribution in [0.5, 0.6) is 0 Å². The van der Waals surface area contributed by atoms with Crippen LogP contribution in [0.15, 0.2) is 42.7 Å². The number of rotatable bonds is 4. The lowest BCUT2D eigenvalue weighted by Crippen LogP contribution is -2.09. The Morgan fingerprint density at radius 1 is 1.05 bits per heavy atom. The van der Waals surface area contributed by atoms with Gasteiger partial charge in [-0.3, -0.25) is 0 Å². The Morgan fingerprint density at radius 3 is 2.62 bits per heavy atom. The Hall–Kier alpha value is -2.96. The summed E-state index contributed by atoms with van der Waals surface area (Å²) in [5.74, 6) is 1.39. The number of nitrogens with one attached hydrogen (secondary N) is 2. The molecule has 2 N–H and O–H groups in total. The minimum absolute atomic E-state index is 0.453. The molecule has 0 saturated carbocycles. The number of aromatic nitrogens is 5. The predicted molar refractivity (Wildman–Crippen MR) is 81.0 cm³/mol. The molecular formula is C14H15N7. The fraction of sp³-hybridized carbons (Fsp3) is 0.143. The van der Waals surface area contributed by atoms with Crippen LogP contribution in [0.25, 0.3) is 5.95 Å². The summed E-state index contributed by atoms with van der Waals surface area (Å²) in [7, 11) is 1.76. The molecule has 2 heterocycles. The van der Waals surface area contributed by atoms with E-state index in [9.17, 15) is 0 Å². The van der Waals surface area contributed by atoms with Crippen LogP contribution < -0.4 is 10.6 Å². The Labute approximate surface area is 122 Å². The van der Waals surface area contributed by atoms with E-state index in [0.717, 1.165) is 11.3 Å². The standard InChI is InChI=1S/C14H15N7/c1-10-5-3-6-11(9-10)17-13-18-12(15-2)19-14(20-13)21-8-4-7-16-21/h3-9H,1-2H3,(H2,15,17,18,19,20). The van der Waals surface area contributed by atoms with Crippen LogP contribution >= 0.6 is 0 Å². The Kier molecular flexibility index (Phi) is 3.46. The number of anilines is 3. The third-order valence-corrected chi connectivity index (χ3v) is 2.83. The minimum Gasteiger partial charge on any atom is -0.357 e. The van der Waals surface area contributed by atoms with Crippen molar-refractivity contribution in [1.82, 2.24) is 24.7 Å². The van der Waals surface area contributed by atoms with Gasteiger partial charge in [0, 0.05) is 25.1 Å². The summed E-state index contributed by atoms with van der Waals surface area (Å²) < 4.78 is 1.59. The maximum absolute atomic E-state index is 4.38. The van der Waals surface area contributed by atoms with Gasteiger partial charge in [0.1, 0.15) is 0 Å². The summed E-state index contributed by atoms with van der Waals surface area (Å²) in [6.45, 7) is 2.03. The lowest BCUT2D eigenvalue weighted by Gasteiger charge is -2.09. The summed E-state index contributed by atoms with van der Waals surface area (Å²) in [4.78, 5) is 13.0. The lowest BCUT2D eigenvalue weighted by molar-refractivity contribution is 0.800. The Balaban J connectivity index is 1.96. The highest BCUT2D eigenvalue weighted by Gasteiger charge is 2.08. The van der Waals surface area contributed by atoms with E-state index in [-0.39, 0.29) is 0 Å².